The molecule has 1 N–H and O–H groups in total. The number of halogens is 3. The lowest BCUT2D eigenvalue weighted by molar-refractivity contribution is -0.187. The van der Waals surface area contributed by atoms with Crippen LogP contribution in [0.5, 0.6) is 0 Å². The van der Waals surface area contributed by atoms with Crippen LogP contribution in [-0.2, 0) is 11.2 Å². The Kier molecular flexibility index (Phi) is 5.38. The monoisotopic (exact) mass is 412 g/mol. The van der Waals surface area contributed by atoms with Gasteiger partial charge in [-0.1, -0.05) is 6.07 Å². The molecule has 0 spiro atoms. The lowest BCUT2D eigenvalue weighted by Crippen LogP contribution is -2.64. The van der Waals surface area contributed by atoms with Crippen molar-refractivity contribution in [1.29, 1.82) is 0 Å². The highest BCUT2D eigenvalue weighted by molar-refractivity contribution is 7.21. The quantitative estimate of drug-likeness (QED) is 0.772. The zero-order valence-electron chi connectivity index (χ0n) is 15.6. The molecule has 0 unspecified atom stereocenters. The molecule has 4 rings (SSSR count). The number of anilines is 1. The Morgan fingerprint density at radius 3 is 2.50 bits per heavy atom. The molecule has 5 nitrogen and oxygen atoms in total. The first kappa shape index (κ1) is 19.7. The lowest BCUT2D eigenvalue weighted by Gasteiger charge is -2.48. The standard InChI is InChI=1S/C19H24F3N4OP/c20-19(21,22)18(27)25-8-6-24(7-9-25)15-11-26(12-15)17(28)14-3-4-16-13(10-14)2-1-5-23-16/h3-4,10,15,23,28H,1-2,5-9,11-12H2. The Balaban J connectivity index is 1.28. The molecule has 0 atom stereocenters. The average molecular weight is 412 g/mol. The summed E-state index contributed by atoms with van der Waals surface area (Å²) in [5, 5.41) is 3.41. The second-order valence-corrected chi connectivity index (χ2v) is 8.11. The zero-order valence-corrected chi connectivity index (χ0v) is 16.6. The number of hydrogen-bond donors (Lipinski definition) is 1. The minimum atomic E-state index is -4.78. The van der Waals surface area contributed by atoms with Gasteiger partial charge >= 0.3 is 12.1 Å². The number of likely N-dealkylation sites (tertiary alicyclic amines) is 1. The fourth-order valence-electron chi connectivity index (χ4n) is 4.14. The van der Waals surface area contributed by atoms with Gasteiger partial charge in [-0.25, -0.2) is 0 Å². The third kappa shape index (κ3) is 3.91. The molecule has 1 aromatic carbocycles. The van der Waals surface area contributed by atoms with Crippen LogP contribution in [0, 0.1) is 0 Å². The van der Waals surface area contributed by atoms with Crippen molar-refractivity contribution < 1.29 is 18.0 Å². The van der Waals surface area contributed by atoms with E-state index in [2.05, 4.69) is 42.2 Å². The average Bonchev–Trinajstić information content (AvgIpc) is 2.65. The predicted octanol–water partition coefficient (Wildman–Crippen LogP) is 2.06. The molecule has 0 radical (unpaired) electrons. The van der Waals surface area contributed by atoms with Crippen molar-refractivity contribution in [3.8, 4) is 0 Å². The van der Waals surface area contributed by atoms with Crippen LogP contribution in [0.15, 0.2) is 18.2 Å². The Morgan fingerprint density at radius 1 is 1.11 bits per heavy atom. The summed E-state index contributed by atoms with van der Waals surface area (Å²) in [6.07, 6.45) is -2.55. The number of hydrogen-bond acceptors (Lipinski definition) is 3. The minimum absolute atomic E-state index is 0.136. The Bertz CT molecular complexity index is 771. The van der Waals surface area contributed by atoms with E-state index in [1.54, 1.807) is 0 Å². The van der Waals surface area contributed by atoms with Gasteiger partial charge in [0.1, 0.15) is 0 Å². The number of alkyl halides is 3. The molecule has 1 aromatic rings. The molecule has 28 heavy (non-hydrogen) atoms. The van der Waals surface area contributed by atoms with E-state index in [0.717, 1.165) is 48.4 Å². The van der Waals surface area contributed by atoms with E-state index in [1.165, 1.54) is 11.3 Å². The highest BCUT2D eigenvalue weighted by atomic mass is 31.0. The molecule has 2 fully saturated rings. The highest BCUT2D eigenvalue weighted by Crippen LogP contribution is 2.27. The van der Waals surface area contributed by atoms with Crippen LogP contribution in [0.25, 0.3) is 0 Å². The van der Waals surface area contributed by atoms with Crippen LogP contribution in [0.4, 0.5) is 18.9 Å². The number of fused-ring (bicyclic) bond motifs is 1. The van der Waals surface area contributed by atoms with E-state index in [0.29, 0.717) is 19.1 Å². The Hall–Kier alpha value is -1.63. The molecule has 9 heteroatoms. The first-order chi connectivity index (χ1) is 13.3. The van der Waals surface area contributed by atoms with Crippen molar-refractivity contribution in [2.45, 2.75) is 25.1 Å². The SMILES string of the molecule is O=C(N1CCN(C2CN(C(=P)c3ccc4c(c3)CCCN4)C2)CC1)C(F)(F)F. The maximum absolute atomic E-state index is 12.5. The molecular formula is C19H24F3N4OP. The van der Waals surface area contributed by atoms with Crippen LogP contribution in [0.1, 0.15) is 17.5 Å². The summed E-state index contributed by atoms with van der Waals surface area (Å²) in [6, 6.07) is 6.76. The number of carbonyl (C=O) groups excluding carboxylic acids is 1. The van der Waals surface area contributed by atoms with E-state index in [-0.39, 0.29) is 13.1 Å². The van der Waals surface area contributed by atoms with Gasteiger partial charge in [-0.3, -0.25) is 14.6 Å². The van der Waals surface area contributed by atoms with Gasteiger partial charge in [0.15, 0.2) is 0 Å². The van der Waals surface area contributed by atoms with Crippen molar-refractivity contribution in [2.75, 3.05) is 51.1 Å². The van der Waals surface area contributed by atoms with Gasteiger partial charge in [-0.15, -0.1) is 8.86 Å². The smallest absolute Gasteiger partial charge is 0.385 e. The number of rotatable bonds is 3. The van der Waals surface area contributed by atoms with Crippen molar-refractivity contribution in [3.63, 3.8) is 0 Å². The van der Waals surface area contributed by atoms with Crippen molar-refractivity contribution in [3.05, 3.63) is 29.3 Å². The molecule has 0 saturated carbocycles. The number of nitrogens with zero attached hydrogens (tertiary/aromatic N) is 3. The molecule has 0 bridgehead atoms. The van der Waals surface area contributed by atoms with Gasteiger partial charge < -0.3 is 10.2 Å². The number of nitrogens with one attached hydrogen (secondary N) is 1. The molecule has 0 aliphatic carbocycles. The summed E-state index contributed by atoms with van der Waals surface area (Å²) >= 11 is 0. The molecule has 1 amide bonds. The van der Waals surface area contributed by atoms with E-state index in [1.807, 2.05) is 0 Å². The van der Waals surface area contributed by atoms with E-state index in [9.17, 15) is 18.0 Å². The van der Waals surface area contributed by atoms with E-state index in [4.69, 9.17) is 0 Å². The molecule has 152 valence electrons. The number of piperazine rings is 1. The topological polar surface area (TPSA) is 38.8 Å². The summed E-state index contributed by atoms with van der Waals surface area (Å²) in [5.74, 6) is -1.72. The molecule has 0 aromatic heterocycles. The summed E-state index contributed by atoms with van der Waals surface area (Å²) in [5.41, 5.74) is 4.75. The number of amides is 1. The van der Waals surface area contributed by atoms with Crippen molar-refractivity contribution >= 4 is 25.9 Å². The first-order valence-corrected chi connectivity index (χ1v) is 10.1. The maximum Gasteiger partial charge on any atom is 0.471 e. The second kappa shape index (κ2) is 7.65. The largest absolute Gasteiger partial charge is 0.471 e. The van der Waals surface area contributed by atoms with E-state index >= 15 is 0 Å². The summed E-state index contributed by atoms with van der Waals surface area (Å²) in [4.78, 5) is 16.7. The third-order valence-electron chi connectivity index (χ3n) is 5.86. The fraction of sp³-hybridized carbons (Fsp3) is 0.579. The molecule has 3 heterocycles. The summed E-state index contributed by atoms with van der Waals surface area (Å²) in [6.45, 7) is 3.94. The fourth-order valence-corrected chi connectivity index (χ4v) is 4.48. The normalized spacial score (nSPS) is 21.6. The lowest BCUT2D eigenvalue weighted by atomic mass is 9.99. The van der Waals surface area contributed by atoms with Crippen LogP contribution in [0.2, 0.25) is 0 Å². The molecule has 3 aliphatic rings. The number of aryl methyl sites for hydroxylation is 1. The molecule has 3 aliphatic heterocycles. The maximum atomic E-state index is 12.5. The minimum Gasteiger partial charge on any atom is -0.385 e. The van der Waals surface area contributed by atoms with Gasteiger partial charge in [-0.2, -0.15) is 13.2 Å². The second-order valence-electron chi connectivity index (χ2n) is 7.64. The predicted molar refractivity (Wildman–Crippen MR) is 105 cm³/mol. The van der Waals surface area contributed by atoms with Crippen molar-refractivity contribution in [1.82, 2.24) is 14.7 Å². The van der Waals surface area contributed by atoms with Gasteiger partial charge in [0.2, 0.25) is 0 Å². The van der Waals surface area contributed by atoms with Gasteiger partial charge in [0.05, 0.1) is 0 Å². The summed E-state index contributed by atoms with van der Waals surface area (Å²) < 4.78 is 37.6. The number of carbonyl (C=O) groups is 1. The van der Waals surface area contributed by atoms with E-state index < -0.39 is 12.1 Å². The highest BCUT2D eigenvalue weighted by Gasteiger charge is 2.44. The van der Waals surface area contributed by atoms with Gasteiger partial charge in [0.25, 0.3) is 0 Å². The molecular weight excluding hydrogens is 388 g/mol. The zero-order chi connectivity index (χ0) is 19.9. The summed E-state index contributed by atoms with van der Waals surface area (Å²) in [7, 11) is 3.78. The molecule has 2 saturated heterocycles. The third-order valence-corrected chi connectivity index (χ3v) is 6.46. The van der Waals surface area contributed by atoms with Gasteiger partial charge in [0, 0.05) is 63.0 Å². The van der Waals surface area contributed by atoms with Crippen molar-refractivity contribution in [2.24, 2.45) is 0 Å². The Labute approximate surface area is 164 Å². The first-order valence-electron chi connectivity index (χ1n) is 9.64. The number of benzene rings is 1. The van der Waals surface area contributed by atoms with Gasteiger partial charge in [-0.05, 0) is 36.1 Å². The van der Waals surface area contributed by atoms with Crippen LogP contribution < -0.4 is 5.32 Å². The Morgan fingerprint density at radius 2 is 1.82 bits per heavy atom. The van der Waals surface area contributed by atoms with Crippen LogP contribution in [0.3, 0.4) is 0 Å². The van der Waals surface area contributed by atoms with Crippen LogP contribution >= 0.6 is 8.86 Å². The van der Waals surface area contributed by atoms with Crippen LogP contribution in [-0.4, -0.2) is 84.1 Å².